The van der Waals surface area contributed by atoms with Crippen LogP contribution in [0, 0.1) is 0 Å². The smallest absolute Gasteiger partial charge is 0.398 e. The zero-order valence-corrected chi connectivity index (χ0v) is 13.7. The van der Waals surface area contributed by atoms with Gasteiger partial charge in [-0.25, -0.2) is 4.39 Å². The Morgan fingerprint density at radius 2 is 1.67 bits per heavy atom. The van der Waals surface area contributed by atoms with Crippen molar-refractivity contribution < 1.29 is 31.4 Å². The third-order valence-electron chi connectivity index (χ3n) is 4.83. The molecule has 1 aliphatic carbocycles. The molecular weight excluding hydrogens is 331 g/mol. The highest BCUT2D eigenvalue weighted by Crippen LogP contribution is 2.46. The molecule has 0 atom stereocenters. The molecule has 0 unspecified atom stereocenters. The molecule has 2 heterocycles. The van der Waals surface area contributed by atoms with Crippen molar-refractivity contribution in [3.8, 4) is 0 Å². The SMILES string of the molecule is CC1(C)OB(C(F)=C2CC(c3noc(C(F)(F)F)n3)C2)OC1(C)C. The van der Waals surface area contributed by atoms with E-state index in [1.807, 2.05) is 27.7 Å². The minimum Gasteiger partial charge on any atom is -0.398 e. The average molecular weight is 348 g/mol. The summed E-state index contributed by atoms with van der Waals surface area (Å²) in [5, 5.41) is 3.33. The van der Waals surface area contributed by atoms with Crippen molar-refractivity contribution in [2.24, 2.45) is 0 Å². The summed E-state index contributed by atoms with van der Waals surface area (Å²) in [4.78, 5) is 3.33. The van der Waals surface area contributed by atoms with Crippen molar-refractivity contribution >= 4 is 7.12 Å². The summed E-state index contributed by atoms with van der Waals surface area (Å²) in [6.07, 6.45) is -4.25. The van der Waals surface area contributed by atoms with Crippen LogP contribution >= 0.6 is 0 Å². The molecule has 0 aromatic carbocycles. The van der Waals surface area contributed by atoms with Crippen LogP contribution in [0.25, 0.3) is 0 Å². The Labute approximate surface area is 136 Å². The third kappa shape index (κ3) is 2.86. The van der Waals surface area contributed by atoms with E-state index >= 15 is 0 Å². The summed E-state index contributed by atoms with van der Waals surface area (Å²) < 4.78 is 67.3. The Balaban J connectivity index is 1.68. The quantitative estimate of drug-likeness (QED) is 0.601. The van der Waals surface area contributed by atoms with Crippen LogP contribution in [0.4, 0.5) is 17.6 Å². The van der Waals surface area contributed by atoms with Crippen molar-refractivity contribution in [3.63, 3.8) is 0 Å². The van der Waals surface area contributed by atoms with Gasteiger partial charge in [0.05, 0.1) is 11.2 Å². The fourth-order valence-electron chi connectivity index (χ4n) is 2.54. The van der Waals surface area contributed by atoms with E-state index in [-0.39, 0.29) is 18.7 Å². The Bertz CT molecular complexity index is 660. The monoisotopic (exact) mass is 348 g/mol. The summed E-state index contributed by atoms with van der Waals surface area (Å²) >= 11 is 0. The van der Waals surface area contributed by atoms with E-state index in [0.717, 1.165) is 0 Å². The van der Waals surface area contributed by atoms with Crippen molar-refractivity contribution in [2.45, 2.75) is 63.8 Å². The van der Waals surface area contributed by atoms with E-state index in [4.69, 9.17) is 9.31 Å². The van der Waals surface area contributed by atoms with Crippen LogP contribution in [0.2, 0.25) is 0 Å². The van der Waals surface area contributed by atoms with Gasteiger partial charge in [0.1, 0.15) is 5.73 Å². The minimum atomic E-state index is -4.68. The second-order valence-electron chi connectivity index (χ2n) is 7.10. The predicted molar refractivity (Wildman–Crippen MR) is 75.5 cm³/mol. The summed E-state index contributed by atoms with van der Waals surface area (Å²) in [5.41, 5.74) is -1.40. The topological polar surface area (TPSA) is 57.4 Å². The van der Waals surface area contributed by atoms with Gasteiger partial charge in [-0.05, 0) is 46.1 Å². The average Bonchev–Trinajstić information content (AvgIpc) is 2.91. The lowest BCUT2D eigenvalue weighted by molar-refractivity contribution is -0.159. The van der Waals surface area contributed by atoms with Gasteiger partial charge in [-0.3, -0.25) is 0 Å². The molecule has 5 nitrogen and oxygen atoms in total. The first-order chi connectivity index (χ1) is 10.9. The third-order valence-corrected chi connectivity index (χ3v) is 4.83. The summed E-state index contributed by atoms with van der Waals surface area (Å²) in [7, 11) is -1.10. The highest BCUT2D eigenvalue weighted by molar-refractivity contribution is 6.53. The van der Waals surface area contributed by atoms with Gasteiger partial charge in [0.25, 0.3) is 0 Å². The maximum atomic E-state index is 14.5. The minimum absolute atomic E-state index is 0.0622. The number of nitrogens with zero attached hydrogens (tertiary/aromatic N) is 2. The first-order valence-corrected chi connectivity index (χ1v) is 7.54. The summed E-state index contributed by atoms with van der Waals surface area (Å²) in [6, 6.07) is 0. The highest BCUT2D eigenvalue weighted by Gasteiger charge is 2.54. The van der Waals surface area contributed by atoms with Gasteiger partial charge in [-0.2, -0.15) is 18.2 Å². The maximum absolute atomic E-state index is 14.5. The molecule has 2 fully saturated rings. The van der Waals surface area contributed by atoms with Gasteiger partial charge in [0.2, 0.25) is 0 Å². The van der Waals surface area contributed by atoms with E-state index in [9.17, 15) is 17.6 Å². The Hall–Kier alpha value is -1.42. The van der Waals surface area contributed by atoms with Crippen LogP contribution in [-0.4, -0.2) is 28.5 Å². The first-order valence-electron chi connectivity index (χ1n) is 7.54. The normalized spacial score (nSPS) is 25.8. The number of alkyl halides is 3. The van der Waals surface area contributed by atoms with Crippen molar-refractivity contribution in [2.75, 3.05) is 0 Å². The predicted octanol–water partition coefficient (Wildman–Crippen LogP) is 3.82. The molecule has 1 saturated heterocycles. The number of allylic oxidation sites excluding steroid dienone is 1. The van der Waals surface area contributed by atoms with Crippen LogP contribution in [0.1, 0.15) is 58.2 Å². The molecule has 10 heteroatoms. The van der Waals surface area contributed by atoms with Gasteiger partial charge in [0.15, 0.2) is 5.82 Å². The number of hydrogen-bond donors (Lipinski definition) is 0. The lowest BCUT2D eigenvalue weighted by Crippen LogP contribution is -2.41. The lowest BCUT2D eigenvalue weighted by Gasteiger charge is -2.32. The fourth-order valence-corrected chi connectivity index (χ4v) is 2.54. The first kappa shape index (κ1) is 17.4. The van der Waals surface area contributed by atoms with E-state index in [0.29, 0.717) is 5.57 Å². The summed E-state index contributed by atoms with van der Waals surface area (Å²) in [6.45, 7) is 7.25. The van der Waals surface area contributed by atoms with Gasteiger partial charge in [-0.15, -0.1) is 0 Å². The van der Waals surface area contributed by atoms with Crippen molar-refractivity contribution in [1.82, 2.24) is 10.1 Å². The molecule has 3 rings (SSSR count). The standard InChI is InChI=1S/C14H17BF4N2O3/c1-12(2)13(3,4)24-15(23-12)9(16)7-5-8(6-7)10-20-11(22-21-10)14(17,18)19/h8H,5-6H2,1-4H3. The van der Waals surface area contributed by atoms with Crippen LogP contribution in [-0.2, 0) is 15.5 Å². The van der Waals surface area contributed by atoms with E-state index in [2.05, 4.69) is 14.7 Å². The van der Waals surface area contributed by atoms with Gasteiger partial charge >= 0.3 is 19.2 Å². The molecule has 0 radical (unpaired) electrons. The molecule has 24 heavy (non-hydrogen) atoms. The molecule has 2 aliphatic rings. The zero-order valence-electron chi connectivity index (χ0n) is 13.7. The molecule has 0 N–H and O–H groups in total. The molecule has 0 spiro atoms. The Morgan fingerprint density at radius 3 is 2.12 bits per heavy atom. The van der Waals surface area contributed by atoms with E-state index < -0.39 is 42.0 Å². The Kier molecular flexibility index (Phi) is 3.84. The van der Waals surface area contributed by atoms with Crippen molar-refractivity contribution in [3.05, 3.63) is 23.0 Å². The highest BCUT2D eigenvalue weighted by atomic mass is 19.4. The van der Waals surface area contributed by atoms with Gasteiger partial charge in [0, 0.05) is 5.92 Å². The van der Waals surface area contributed by atoms with Crippen LogP contribution in [0.15, 0.2) is 15.8 Å². The van der Waals surface area contributed by atoms with Crippen LogP contribution < -0.4 is 0 Å². The van der Waals surface area contributed by atoms with E-state index in [1.165, 1.54) is 0 Å². The number of halogens is 4. The molecule has 1 aliphatic heterocycles. The zero-order chi connectivity index (χ0) is 17.9. The van der Waals surface area contributed by atoms with E-state index in [1.54, 1.807) is 0 Å². The molecule has 0 bridgehead atoms. The van der Waals surface area contributed by atoms with Gasteiger partial charge in [-0.1, -0.05) is 5.16 Å². The van der Waals surface area contributed by atoms with Crippen LogP contribution in [0.5, 0.6) is 0 Å². The maximum Gasteiger partial charge on any atom is 0.525 e. The fraction of sp³-hybridized carbons (Fsp3) is 0.714. The molecule has 1 aromatic heterocycles. The Morgan fingerprint density at radius 1 is 1.12 bits per heavy atom. The van der Waals surface area contributed by atoms with Gasteiger partial charge < -0.3 is 13.8 Å². The lowest BCUT2D eigenvalue weighted by atomic mass is 9.72. The second kappa shape index (κ2) is 5.29. The summed E-state index contributed by atoms with van der Waals surface area (Å²) in [5.74, 6) is -1.85. The number of rotatable bonds is 2. The number of aromatic nitrogens is 2. The molecular formula is C14H17BF4N2O3. The molecule has 1 aromatic rings. The van der Waals surface area contributed by atoms with Crippen LogP contribution in [0.3, 0.4) is 0 Å². The second-order valence-corrected chi connectivity index (χ2v) is 7.10. The molecule has 132 valence electrons. The van der Waals surface area contributed by atoms with Crippen molar-refractivity contribution in [1.29, 1.82) is 0 Å². The number of hydrogen-bond acceptors (Lipinski definition) is 5. The molecule has 1 saturated carbocycles. The largest absolute Gasteiger partial charge is 0.525 e. The molecule has 0 amide bonds.